The van der Waals surface area contributed by atoms with Crippen LogP contribution in [-0.2, 0) is 0 Å². The lowest BCUT2D eigenvalue weighted by molar-refractivity contribution is 0.448. The van der Waals surface area contributed by atoms with Gasteiger partial charge in [-0.15, -0.1) is 0 Å². The molecule has 0 aliphatic rings. The molecule has 0 fully saturated rings. The molecule has 0 amide bonds. The summed E-state index contributed by atoms with van der Waals surface area (Å²) >= 11 is 0. The van der Waals surface area contributed by atoms with Crippen molar-refractivity contribution >= 4 is 10.9 Å². The van der Waals surface area contributed by atoms with E-state index >= 15 is 0 Å². The van der Waals surface area contributed by atoms with Crippen molar-refractivity contribution in [3.05, 3.63) is 30.5 Å². The van der Waals surface area contributed by atoms with Crippen molar-refractivity contribution in [3.8, 4) is 0 Å². The minimum atomic E-state index is 0.386. The maximum Gasteiger partial charge on any atom is 0.0686 e. The van der Waals surface area contributed by atoms with Crippen molar-refractivity contribution in [3.63, 3.8) is 0 Å². The summed E-state index contributed by atoms with van der Waals surface area (Å²) in [5.74, 6) is 0.762. The zero-order valence-corrected chi connectivity index (χ0v) is 11.6. The monoisotopic (exact) mass is 245 g/mol. The standard InChI is InChI=1S/C15H23N3/c1-12(2)8-9-16-10-13(3)18-15-7-5-4-6-14(15)11-17-18/h4-7,11-13,16H,8-10H2,1-3H3. The molecule has 1 heterocycles. The fourth-order valence-corrected chi connectivity index (χ4v) is 2.13. The Balaban J connectivity index is 1.94. The Hall–Kier alpha value is -1.35. The quantitative estimate of drug-likeness (QED) is 0.792. The molecule has 0 saturated heterocycles. The molecular formula is C15H23N3. The molecular weight excluding hydrogens is 222 g/mol. The second kappa shape index (κ2) is 6.01. The molecule has 98 valence electrons. The molecule has 18 heavy (non-hydrogen) atoms. The van der Waals surface area contributed by atoms with Crippen molar-refractivity contribution < 1.29 is 0 Å². The molecule has 1 aromatic carbocycles. The fourth-order valence-electron chi connectivity index (χ4n) is 2.13. The van der Waals surface area contributed by atoms with Crippen LogP contribution in [0.25, 0.3) is 10.9 Å². The minimum absolute atomic E-state index is 0.386. The molecule has 1 N–H and O–H groups in total. The summed E-state index contributed by atoms with van der Waals surface area (Å²) in [6, 6.07) is 8.75. The van der Waals surface area contributed by atoms with Gasteiger partial charge in [0.25, 0.3) is 0 Å². The zero-order valence-electron chi connectivity index (χ0n) is 11.6. The minimum Gasteiger partial charge on any atom is -0.315 e. The van der Waals surface area contributed by atoms with E-state index < -0.39 is 0 Å². The molecule has 0 aliphatic carbocycles. The first-order valence-corrected chi connectivity index (χ1v) is 6.81. The molecule has 2 aromatic rings. The predicted octanol–water partition coefficient (Wildman–Crippen LogP) is 3.23. The number of para-hydroxylation sites is 1. The molecule has 2 rings (SSSR count). The first-order valence-electron chi connectivity index (χ1n) is 6.81. The van der Waals surface area contributed by atoms with E-state index in [1.54, 1.807) is 0 Å². The first kappa shape index (κ1) is 13.1. The number of nitrogens with zero attached hydrogens (tertiary/aromatic N) is 2. The van der Waals surface area contributed by atoms with Gasteiger partial charge in [0.15, 0.2) is 0 Å². The molecule has 3 nitrogen and oxygen atoms in total. The van der Waals surface area contributed by atoms with E-state index in [-0.39, 0.29) is 0 Å². The van der Waals surface area contributed by atoms with E-state index in [1.165, 1.54) is 17.3 Å². The predicted molar refractivity (Wildman–Crippen MR) is 76.8 cm³/mol. The molecule has 0 spiro atoms. The van der Waals surface area contributed by atoms with Crippen molar-refractivity contribution in [2.45, 2.75) is 33.2 Å². The highest BCUT2D eigenvalue weighted by atomic mass is 15.3. The molecule has 0 aliphatic heterocycles. The van der Waals surface area contributed by atoms with Crippen LogP contribution in [0.3, 0.4) is 0 Å². The Kier molecular flexibility index (Phi) is 4.37. The average Bonchev–Trinajstić information content (AvgIpc) is 2.78. The average molecular weight is 245 g/mol. The summed E-state index contributed by atoms with van der Waals surface area (Å²) in [4.78, 5) is 0. The maximum absolute atomic E-state index is 4.49. The van der Waals surface area contributed by atoms with Crippen LogP contribution < -0.4 is 5.32 Å². The van der Waals surface area contributed by atoms with Gasteiger partial charge in [0.1, 0.15) is 0 Å². The van der Waals surface area contributed by atoms with E-state index in [9.17, 15) is 0 Å². The van der Waals surface area contributed by atoms with E-state index in [4.69, 9.17) is 0 Å². The maximum atomic E-state index is 4.49. The van der Waals surface area contributed by atoms with Gasteiger partial charge in [0.2, 0.25) is 0 Å². The number of fused-ring (bicyclic) bond motifs is 1. The van der Waals surface area contributed by atoms with Gasteiger partial charge in [0, 0.05) is 11.9 Å². The molecule has 0 bridgehead atoms. The van der Waals surface area contributed by atoms with Crippen LogP contribution in [-0.4, -0.2) is 22.9 Å². The largest absolute Gasteiger partial charge is 0.315 e. The summed E-state index contributed by atoms with van der Waals surface area (Å²) in [5.41, 5.74) is 1.22. The molecule has 0 radical (unpaired) electrons. The van der Waals surface area contributed by atoms with Gasteiger partial charge < -0.3 is 5.32 Å². The molecule has 1 unspecified atom stereocenters. The normalized spacial score (nSPS) is 13.3. The first-order chi connectivity index (χ1) is 8.68. The van der Waals surface area contributed by atoms with Crippen LogP contribution >= 0.6 is 0 Å². The Morgan fingerprint density at radius 1 is 1.22 bits per heavy atom. The van der Waals surface area contributed by atoms with Gasteiger partial charge >= 0.3 is 0 Å². The van der Waals surface area contributed by atoms with Crippen LogP contribution in [0, 0.1) is 5.92 Å². The highest BCUT2D eigenvalue weighted by molar-refractivity contribution is 5.78. The van der Waals surface area contributed by atoms with Gasteiger partial charge in [-0.2, -0.15) is 5.10 Å². The number of hydrogen-bond donors (Lipinski definition) is 1. The van der Waals surface area contributed by atoms with Gasteiger partial charge in [-0.05, 0) is 31.9 Å². The van der Waals surface area contributed by atoms with Crippen LogP contribution in [0.1, 0.15) is 33.2 Å². The van der Waals surface area contributed by atoms with Crippen LogP contribution in [0.2, 0.25) is 0 Å². The third-order valence-corrected chi connectivity index (χ3v) is 3.26. The highest BCUT2D eigenvalue weighted by Gasteiger charge is 2.08. The number of aromatic nitrogens is 2. The number of hydrogen-bond acceptors (Lipinski definition) is 2. The van der Waals surface area contributed by atoms with Gasteiger partial charge in [-0.1, -0.05) is 32.0 Å². The lowest BCUT2D eigenvalue weighted by Crippen LogP contribution is -2.25. The Morgan fingerprint density at radius 2 is 2.00 bits per heavy atom. The van der Waals surface area contributed by atoms with Crippen LogP contribution in [0.4, 0.5) is 0 Å². The third kappa shape index (κ3) is 3.10. The number of rotatable bonds is 6. The summed E-state index contributed by atoms with van der Waals surface area (Å²) in [6.45, 7) is 8.78. The summed E-state index contributed by atoms with van der Waals surface area (Å²) in [5, 5.41) is 9.21. The highest BCUT2D eigenvalue weighted by Crippen LogP contribution is 2.16. The number of benzene rings is 1. The lowest BCUT2D eigenvalue weighted by atomic mass is 10.1. The van der Waals surface area contributed by atoms with E-state index in [0.717, 1.165) is 19.0 Å². The Morgan fingerprint density at radius 3 is 2.78 bits per heavy atom. The fraction of sp³-hybridized carbons (Fsp3) is 0.533. The topological polar surface area (TPSA) is 29.9 Å². The van der Waals surface area contributed by atoms with Gasteiger partial charge in [-0.25, -0.2) is 0 Å². The van der Waals surface area contributed by atoms with E-state index in [2.05, 4.69) is 60.1 Å². The summed E-state index contributed by atoms with van der Waals surface area (Å²) in [7, 11) is 0. The van der Waals surface area contributed by atoms with Gasteiger partial charge in [0.05, 0.1) is 17.8 Å². The van der Waals surface area contributed by atoms with E-state index in [0.29, 0.717) is 6.04 Å². The van der Waals surface area contributed by atoms with Crippen LogP contribution in [0.15, 0.2) is 30.5 Å². The molecule has 1 atom stereocenters. The van der Waals surface area contributed by atoms with Crippen molar-refractivity contribution in [2.24, 2.45) is 5.92 Å². The Labute approximate surface area is 109 Å². The summed E-state index contributed by atoms with van der Waals surface area (Å²) in [6.07, 6.45) is 3.17. The van der Waals surface area contributed by atoms with Crippen molar-refractivity contribution in [1.29, 1.82) is 0 Å². The van der Waals surface area contributed by atoms with Gasteiger partial charge in [-0.3, -0.25) is 4.68 Å². The number of nitrogens with one attached hydrogen (secondary N) is 1. The second-order valence-corrected chi connectivity index (χ2v) is 5.38. The second-order valence-electron chi connectivity index (χ2n) is 5.38. The molecule has 3 heteroatoms. The summed E-state index contributed by atoms with van der Waals surface area (Å²) < 4.78 is 2.11. The van der Waals surface area contributed by atoms with Crippen LogP contribution in [0.5, 0.6) is 0 Å². The van der Waals surface area contributed by atoms with E-state index in [1.807, 2.05) is 6.20 Å². The molecule has 1 aromatic heterocycles. The smallest absolute Gasteiger partial charge is 0.0686 e. The SMILES string of the molecule is CC(C)CCNCC(C)n1ncc2ccccc21. The Bertz CT molecular complexity index is 487. The van der Waals surface area contributed by atoms with Crippen molar-refractivity contribution in [1.82, 2.24) is 15.1 Å². The lowest BCUT2D eigenvalue weighted by Gasteiger charge is -2.15. The molecule has 0 saturated carbocycles. The van der Waals surface area contributed by atoms with Crippen molar-refractivity contribution in [2.75, 3.05) is 13.1 Å². The third-order valence-electron chi connectivity index (χ3n) is 3.26. The zero-order chi connectivity index (χ0) is 13.0.